The van der Waals surface area contributed by atoms with Crippen molar-refractivity contribution in [2.24, 2.45) is 0 Å². The molecule has 2 N–H and O–H groups in total. The van der Waals surface area contributed by atoms with E-state index in [9.17, 15) is 16.8 Å². The van der Waals surface area contributed by atoms with E-state index in [1.165, 1.54) is 0 Å². The van der Waals surface area contributed by atoms with E-state index in [-0.39, 0.29) is 32.8 Å². The van der Waals surface area contributed by atoms with Crippen LogP contribution >= 0.6 is 0 Å². The van der Waals surface area contributed by atoms with Crippen molar-refractivity contribution in [3.05, 3.63) is 0 Å². The second-order valence-corrected chi connectivity index (χ2v) is 7.51. The number of hydrogen-bond donors (Lipinski definition) is 2. The van der Waals surface area contributed by atoms with Crippen molar-refractivity contribution >= 4 is 20.2 Å². The van der Waals surface area contributed by atoms with Crippen LogP contribution in [0.1, 0.15) is 19.8 Å². The van der Waals surface area contributed by atoms with Gasteiger partial charge in [0.2, 0.25) is 4.58 Å². The van der Waals surface area contributed by atoms with Crippen LogP contribution in [0, 0.1) is 0 Å². The van der Waals surface area contributed by atoms with Crippen LogP contribution in [0.15, 0.2) is 0 Å². The van der Waals surface area contributed by atoms with Crippen LogP contribution in [-0.4, -0.2) is 58.1 Å². The summed E-state index contributed by atoms with van der Waals surface area (Å²) in [5.74, 6) is 0. The lowest BCUT2D eigenvalue weighted by molar-refractivity contribution is 0.221. The van der Waals surface area contributed by atoms with Crippen LogP contribution in [0.4, 0.5) is 0 Å². The third-order valence-corrected chi connectivity index (χ3v) is 5.94. The van der Waals surface area contributed by atoms with Gasteiger partial charge in [0.15, 0.2) is 0 Å². The van der Waals surface area contributed by atoms with Crippen LogP contribution in [0.3, 0.4) is 0 Å². The van der Waals surface area contributed by atoms with Crippen molar-refractivity contribution in [1.82, 2.24) is 0 Å². The molecule has 0 spiro atoms. The minimum Gasteiger partial charge on any atom is -0.396 e. The Morgan fingerprint density at radius 3 is 1.67 bits per heavy atom. The average Bonchev–Trinajstić information content (AvgIpc) is 2.28. The summed E-state index contributed by atoms with van der Waals surface area (Å²) in [5.41, 5.74) is 0. The average molecular weight is 306 g/mol. The van der Waals surface area contributed by atoms with Gasteiger partial charge in [0.1, 0.15) is 0 Å². The highest BCUT2D eigenvalue weighted by molar-refractivity contribution is 8.04. The zero-order valence-electron chi connectivity index (χ0n) is 9.98. The van der Waals surface area contributed by atoms with Crippen LogP contribution < -0.4 is 0 Å². The number of aliphatic hydroxyl groups is 2. The molecule has 10 heteroatoms. The topological polar surface area (TPSA) is 127 Å². The molecule has 0 aromatic carbocycles. The fraction of sp³-hybridized carbons (Fsp3) is 1.00. The maximum Gasteiger partial charge on any atom is 0.287 e. The molecule has 1 aliphatic rings. The molecule has 1 saturated heterocycles. The van der Waals surface area contributed by atoms with Gasteiger partial charge in [0.25, 0.3) is 20.2 Å². The van der Waals surface area contributed by atoms with Gasteiger partial charge in [0, 0.05) is 13.2 Å². The van der Waals surface area contributed by atoms with Gasteiger partial charge in [-0.1, -0.05) is 0 Å². The lowest BCUT2D eigenvalue weighted by atomic mass is 10.5. The SMILES string of the molecule is CC1S(=O)(=O)OCCCOS1(=O)=O.OCCCO. The van der Waals surface area contributed by atoms with E-state index in [0.717, 1.165) is 6.92 Å². The second kappa shape index (κ2) is 8.02. The smallest absolute Gasteiger partial charge is 0.287 e. The largest absolute Gasteiger partial charge is 0.396 e. The number of rotatable bonds is 2. The first-order valence-electron chi connectivity index (χ1n) is 5.26. The van der Waals surface area contributed by atoms with Gasteiger partial charge >= 0.3 is 0 Å². The molecule has 1 aliphatic heterocycles. The van der Waals surface area contributed by atoms with Crippen molar-refractivity contribution in [2.75, 3.05) is 26.4 Å². The molecule has 110 valence electrons. The van der Waals surface area contributed by atoms with Gasteiger partial charge in [-0.3, -0.25) is 8.37 Å². The Morgan fingerprint density at radius 2 is 1.39 bits per heavy atom. The maximum absolute atomic E-state index is 11.1. The van der Waals surface area contributed by atoms with Gasteiger partial charge < -0.3 is 10.2 Å². The predicted molar refractivity (Wildman–Crippen MR) is 62.6 cm³/mol. The van der Waals surface area contributed by atoms with Crippen molar-refractivity contribution in [3.63, 3.8) is 0 Å². The molecule has 0 saturated carbocycles. The quantitative estimate of drug-likeness (QED) is 0.608. The molecule has 8 nitrogen and oxygen atoms in total. The summed E-state index contributed by atoms with van der Waals surface area (Å²) < 4.78 is 51.6. The van der Waals surface area contributed by atoms with E-state index in [0.29, 0.717) is 6.42 Å². The molecule has 1 rings (SSSR count). The molecule has 0 aromatic heterocycles. The number of aliphatic hydroxyl groups excluding tert-OH is 2. The summed E-state index contributed by atoms with van der Waals surface area (Å²) in [7, 11) is -8.08. The number of hydrogen-bond acceptors (Lipinski definition) is 8. The third kappa shape index (κ3) is 6.07. The van der Waals surface area contributed by atoms with Crippen LogP contribution in [0.5, 0.6) is 0 Å². The predicted octanol–water partition coefficient (Wildman–Crippen LogP) is -1.21. The van der Waals surface area contributed by atoms with Crippen molar-refractivity contribution in [1.29, 1.82) is 0 Å². The Hall–Kier alpha value is -0.260. The second-order valence-electron chi connectivity index (χ2n) is 3.35. The molecule has 0 bridgehead atoms. The Kier molecular flexibility index (Phi) is 7.90. The maximum atomic E-state index is 11.1. The summed E-state index contributed by atoms with van der Waals surface area (Å²) >= 11 is 0. The molecule has 0 aromatic rings. The standard InChI is InChI=1S/C5H10O6S2.C3H8O2/c1-5-12(6,7)10-3-2-4-11-13(5,8)9;4-2-1-3-5/h5H,2-4H2,1H3;4-5H,1-3H2. The molecular weight excluding hydrogens is 288 g/mol. The molecule has 0 radical (unpaired) electrons. The first kappa shape index (κ1) is 17.7. The normalized spacial score (nSPS) is 23.3. The summed E-state index contributed by atoms with van der Waals surface area (Å²) in [6.45, 7) is 1.13. The zero-order valence-corrected chi connectivity index (χ0v) is 11.6. The molecule has 18 heavy (non-hydrogen) atoms. The highest BCUT2D eigenvalue weighted by Crippen LogP contribution is 2.16. The molecular formula is C8H18O8S2. The van der Waals surface area contributed by atoms with Gasteiger partial charge in [-0.15, -0.1) is 0 Å². The van der Waals surface area contributed by atoms with Crippen LogP contribution in [-0.2, 0) is 28.6 Å². The summed E-state index contributed by atoms with van der Waals surface area (Å²) in [6, 6.07) is 0. The molecule has 1 fully saturated rings. The Balaban J connectivity index is 0.000000494. The Bertz CT molecular complexity index is 374. The van der Waals surface area contributed by atoms with Crippen molar-refractivity contribution in [2.45, 2.75) is 24.3 Å². The summed E-state index contributed by atoms with van der Waals surface area (Å²) in [5, 5.41) is 15.8. The molecule has 0 atom stereocenters. The highest BCUT2D eigenvalue weighted by Gasteiger charge is 2.36. The fourth-order valence-electron chi connectivity index (χ4n) is 0.816. The third-order valence-electron chi connectivity index (χ3n) is 1.91. The first-order valence-corrected chi connectivity index (χ1v) is 8.20. The fourth-order valence-corrected chi connectivity index (χ4v) is 3.39. The Morgan fingerprint density at radius 1 is 1.00 bits per heavy atom. The summed E-state index contributed by atoms with van der Waals surface area (Å²) in [4.78, 5) is 0. The van der Waals surface area contributed by atoms with Crippen LogP contribution in [0.25, 0.3) is 0 Å². The highest BCUT2D eigenvalue weighted by atomic mass is 32.3. The van der Waals surface area contributed by atoms with Crippen molar-refractivity contribution in [3.8, 4) is 0 Å². The van der Waals surface area contributed by atoms with E-state index in [1.807, 2.05) is 0 Å². The molecule has 0 aliphatic carbocycles. The summed E-state index contributed by atoms with van der Waals surface area (Å²) in [6.07, 6.45) is 0.741. The monoisotopic (exact) mass is 306 g/mol. The van der Waals surface area contributed by atoms with Gasteiger partial charge in [-0.05, 0) is 19.8 Å². The minimum atomic E-state index is -4.04. The van der Waals surface area contributed by atoms with Gasteiger partial charge in [-0.2, -0.15) is 16.8 Å². The Labute approximate surface area is 107 Å². The first-order chi connectivity index (χ1) is 8.28. The van der Waals surface area contributed by atoms with E-state index in [1.54, 1.807) is 0 Å². The van der Waals surface area contributed by atoms with E-state index >= 15 is 0 Å². The lowest BCUT2D eigenvalue weighted by Crippen LogP contribution is -2.33. The van der Waals surface area contributed by atoms with Gasteiger partial charge in [0.05, 0.1) is 13.2 Å². The molecule has 1 heterocycles. The van der Waals surface area contributed by atoms with E-state index < -0.39 is 24.8 Å². The minimum absolute atomic E-state index is 0.0395. The molecule has 0 amide bonds. The lowest BCUT2D eigenvalue weighted by Gasteiger charge is -2.16. The van der Waals surface area contributed by atoms with E-state index in [4.69, 9.17) is 10.2 Å². The van der Waals surface area contributed by atoms with Gasteiger partial charge in [-0.25, -0.2) is 0 Å². The van der Waals surface area contributed by atoms with E-state index in [2.05, 4.69) is 8.37 Å². The van der Waals surface area contributed by atoms with Crippen LogP contribution in [0.2, 0.25) is 0 Å². The zero-order chi connectivity index (χ0) is 14.2. The molecule has 0 unspecified atom stereocenters. The van der Waals surface area contributed by atoms with Crippen molar-refractivity contribution < 1.29 is 35.4 Å².